The lowest BCUT2D eigenvalue weighted by atomic mass is 9.88. The Morgan fingerprint density at radius 1 is 1.19 bits per heavy atom. The monoisotopic (exact) mass is 432 g/mol. The highest BCUT2D eigenvalue weighted by Crippen LogP contribution is 2.31. The molecule has 0 saturated carbocycles. The van der Waals surface area contributed by atoms with Crippen LogP contribution in [0.1, 0.15) is 43.0 Å². The summed E-state index contributed by atoms with van der Waals surface area (Å²) in [6.45, 7) is 3.62. The maximum absolute atomic E-state index is 12.9. The average molecular weight is 433 g/mol. The third-order valence-corrected chi connectivity index (χ3v) is 6.91. The molecule has 0 bridgehead atoms. The number of pyridine rings is 1. The maximum Gasteiger partial charge on any atom is 0.249 e. The molecule has 0 aliphatic carbocycles. The third kappa shape index (κ3) is 4.43. The van der Waals surface area contributed by atoms with E-state index in [1.165, 1.54) is 16.5 Å². The van der Waals surface area contributed by atoms with Crippen LogP contribution in [0.3, 0.4) is 0 Å². The molecule has 32 heavy (non-hydrogen) atoms. The molecule has 6 heteroatoms. The second-order valence-corrected chi connectivity index (χ2v) is 9.16. The molecule has 6 nitrogen and oxygen atoms in total. The van der Waals surface area contributed by atoms with Crippen LogP contribution in [0.5, 0.6) is 0 Å². The smallest absolute Gasteiger partial charge is 0.249 e. The van der Waals surface area contributed by atoms with E-state index in [0.29, 0.717) is 12.5 Å². The van der Waals surface area contributed by atoms with Crippen molar-refractivity contribution >= 4 is 16.8 Å². The molecule has 2 saturated heterocycles. The van der Waals surface area contributed by atoms with Gasteiger partial charge in [0.1, 0.15) is 6.10 Å². The van der Waals surface area contributed by atoms with Crippen molar-refractivity contribution in [2.24, 2.45) is 13.0 Å². The summed E-state index contributed by atoms with van der Waals surface area (Å²) in [4.78, 5) is 20.1. The Kier molecular flexibility index (Phi) is 6.23. The van der Waals surface area contributed by atoms with E-state index in [1.54, 1.807) is 0 Å². The first kappa shape index (κ1) is 21.2. The largest absolute Gasteiger partial charge is 0.368 e. The number of carbonyl (C=O) groups is 1. The Morgan fingerprint density at radius 2 is 2.06 bits per heavy atom. The Hall–Kier alpha value is -2.70. The number of carbonyl (C=O) groups excluding carboxylic acids is 1. The van der Waals surface area contributed by atoms with Gasteiger partial charge in [-0.2, -0.15) is 0 Å². The normalized spacial score (nSPS) is 22.8. The second-order valence-electron chi connectivity index (χ2n) is 9.16. The Morgan fingerprint density at radius 3 is 2.88 bits per heavy atom. The molecule has 2 aliphatic rings. The quantitative estimate of drug-likeness (QED) is 0.643. The predicted molar refractivity (Wildman–Crippen MR) is 125 cm³/mol. The minimum atomic E-state index is -0.323. The molecule has 5 rings (SSSR count). The number of likely N-dealkylation sites (tertiary alicyclic amines) is 1. The molecular weight excluding hydrogens is 400 g/mol. The zero-order valence-corrected chi connectivity index (χ0v) is 18.7. The summed E-state index contributed by atoms with van der Waals surface area (Å²) in [6.07, 6.45) is 7.71. The average Bonchev–Trinajstić information content (AvgIpc) is 3.47. The van der Waals surface area contributed by atoms with E-state index in [4.69, 9.17) is 4.74 Å². The van der Waals surface area contributed by atoms with E-state index in [1.807, 2.05) is 24.4 Å². The van der Waals surface area contributed by atoms with Crippen LogP contribution in [0.25, 0.3) is 10.9 Å². The second kappa shape index (κ2) is 9.43. The number of aryl methyl sites for hydroxylation is 1. The molecule has 4 heterocycles. The molecule has 0 spiro atoms. The number of ether oxygens (including phenoxy) is 1. The number of nitrogens with zero attached hydrogens (tertiary/aromatic N) is 3. The lowest BCUT2D eigenvalue weighted by Gasteiger charge is -2.37. The first-order chi connectivity index (χ1) is 15.7. The van der Waals surface area contributed by atoms with E-state index in [0.717, 1.165) is 51.0 Å². The van der Waals surface area contributed by atoms with Crippen LogP contribution >= 0.6 is 0 Å². The summed E-state index contributed by atoms with van der Waals surface area (Å²) in [5.74, 6) is 0.323. The summed E-state index contributed by atoms with van der Waals surface area (Å²) in [5, 5.41) is 4.63. The number of piperidine rings is 1. The number of rotatable bonds is 6. The molecule has 3 aromatic rings. The van der Waals surface area contributed by atoms with Crippen LogP contribution < -0.4 is 5.32 Å². The Bertz CT molecular complexity index is 1060. The number of nitrogens with one attached hydrogen (secondary N) is 1. The number of hydrogen-bond donors (Lipinski definition) is 1. The van der Waals surface area contributed by atoms with Crippen LogP contribution in [0, 0.1) is 5.92 Å². The van der Waals surface area contributed by atoms with Crippen LogP contribution in [-0.2, 0) is 23.1 Å². The molecule has 2 fully saturated rings. The summed E-state index contributed by atoms with van der Waals surface area (Å²) >= 11 is 0. The fraction of sp³-hybridized carbons (Fsp3) is 0.462. The number of amides is 1. The Balaban J connectivity index is 1.34. The topological polar surface area (TPSA) is 59.4 Å². The van der Waals surface area contributed by atoms with Gasteiger partial charge in [-0.15, -0.1) is 0 Å². The van der Waals surface area contributed by atoms with Crippen LogP contribution in [-0.4, -0.2) is 46.2 Å². The molecular formula is C26H32N4O2. The summed E-state index contributed by atoms with van der Waals surface area (Å²) < 4.78 is 7.85. The minimum Gasteiger partial charge on any atom is -0.368 e. The summed E-state index contributed by atoms with van der Waals surface area (Å²) in [5.41, 5.74) is 3.57. The van der Waals surface area contributed by atoms with Gasteiger partial charge in [-0.25, -0.2) is 0 Å². The van der Waals surface area contributed by atoms with Crippen molar-refractivity contribution in [1.82, 2.24) is 19.8 Å². The first-order valence-electron chi connectivity index (χ1n) is 11.8. The van der Waals surface area contributed by atoms with E-state index >= 15 is 0 Å². The predicted octanol–water partition coefficient (Wildman–Crippen LogP) is 3.82. The van der Waals surface area contributed by atoms with E-state index in [2.05, 4.69) is 57.3 Å². The lowest BCUT2D eigenvalue weighted by molar-refractivity contribution is -0.131. The number of hydrogen-bond acceptors (Lipinski definition) is 4. The lowest BCUT2D eigenvalue weighted by Crippen LogP contribution is -2.45. The molecule has 2 aromatic heterocycles. The van der Waals surface area contributed by atoms with Gasteiger partial charge in [-0.1, -0.05) is 24.3 Å². The van der Waals surface area contributed by atoms with Crippen molar-refractivity contribution in [2.45, 2.75) is 44.4 Å². The number of aromatic nitrogens is 2. The third-order valence-electron chi connectivity index (χ3n) is 6.91. The first-order valence-corrected chi connectivity index (χ1v) is 11.8. The van der Waals surface area contributed by atoms with Crippen molar-refractivity contribution in [1.29, 1.82) is 0 Å². The van der Waals surface area contributed by atoms with Gasteiger partial charge in [0.05, 0.1) is 11.7 Å². The zero-order valence-electron chi connectivity index (χ0n) is 18.7. The van der Waals surface area contributed by atoms with Crippen molar-refractivity contribution in [2.75, 3.05) is 19.7 Å². The van der Waals surface area contributed by atoms with Crippen LogP contribution in [0.2, 0.25) is 0 Å². The van der Waals surface area contributed by atoms with Crippen LogP contribution in [0.15, 0.2) is 54.9 Å². The molecule has 0 unspecified atom stereocenters. The highest BCUT2D eigenvalue weighted by Gasteiger charge is 2.33. The van der Waals surface area contributed by atoms with Gasteiger partial charge in [0, 0.05) is 50.0 Å². The van der Waals surface area contributed by atoms with Crippen molar-refractivity contribution < 1.29 is 9.53 Å². The highest BCUT2D eigenvalue weighted by atomic mass is 16.5. The van der Waals surface area contributed by atoms with Crippen molar-refractivity contribution in [3.63, 3.8) is 0 Å². The molecule has 1 amide bonds. The number of para-hydroxylation sites is 1. The van der Waals surface area contributed by atoms with Crippen molar-refractivity contribution in [3.8, 4) is 0 Å². The van der Waals surface area contributed by atoms with E-state index in [-0.39, 0.29) is 18.1 Å². The van der Waals surface area contributed by atoms with Gasteiger partial charge in [-0.3, -0.25) is 14.7 Å². The SMILES string of the molecule is Cn1cc(CN2CCC[C@@H]([C@H](NC(=O)[C@@H]3CCCO3)c3ccccn3)C2)c2ccccc21. The summed E-state index contributed by atoms with van der Waals surface area (Å²) in [6, 6.07) is 14.5. The number of benzene rings is 1. The maximum atomic E-state index is 12.9. The zero-order chi connectivity index (χ0) is 21.9. The fourth-order valence-electron chi connectivity index (χ4n) is 5.32. The fourth-order valence-corrected chi connectivity index (χ4v) is 5.32. The van der Waals surface area contributed by atoms with Crippen LogP contribution in [0.4, 0.5) is 0 Å². The van der Waals surface area contributed by atoms with Gasteiger partial charge in [0.25, 0.3) is 0 Å². The molecule has 168 valence electrons. The minimum absolute atomic E-state index is 0.00401. The molecule has 1 N–H and O–H groups in total. The van der Waals surface area contributed by atoms with Gasteiger partial charge < -0.3 is 14.6 Å². The standard InChI is InChI=1S/C26H32N4O2/c1-29-16-20(21-9-2-3-11-23(21)29)18-30-14-6-8-19(17-30)25(22-10-4-5-13-27-22)28-26(31)24-12-7-15-32-24/h2-5,9-11,13,16,19,24-25H,6-8,12,14-15,17-18H2,1H3,(H,28,31)/t19-,24+,25+/m1/s1. The number of fused-ring (bicyclic) bond motifs is 1. The molecule has 3 atom stereocenters. The molecule has 0 radical (unpaired) electrons. The molecule has 1 aromatic carbocycles. The van der Waals surface area contributed by atoms with Gasteiger partial charge in [-0.05, 0) is 61.9 Å². The highest BCUT2D eigenvalue weighted by molar-refractivity contribution is 5.84. The van der Waals surface area contributed by atoms with Gasteiger partial charge in [0.15, 0.2) is 0 Å². The van der Waals surface area contributed by atoms with E-state index < -0.39 is 0 Å². The van der Waals surface area contributed by atoms with Gasteiger partial charge >= 0.3 is 0 Å². The van der Waals surface area contributed by atoms with Gasteiger partial charge in [0.2, 0.25) is 5.91 Å². The van der Waals surface area contributed by atoms with E-state index in [9.17, 15) is 4.79 Å². The summed E-state index contributed by atoms with van der Waals surface area (Å²) in [7, 11) is 2.11. The van der Waals surface area contributed by atoms with Crippen molar-refractivity contribution in [3.05, 3.63) is 66.1 Å². The Labute approximate surface area is 189 Å². The molecule has 2 aliphatic heterocycles.